The molecular formula is C17H22N4O4. The highest BCUT2D eigenvalue weighted by atomic mass is 16.3. The van der Waals surface area contributed by atoms with Crippen molar-refractivity contribution in [3.63, 3.8) is 0 Å². The Morgan fingerprint density at radius 3 is 2.40 bits per heavy atom. The van der Waals surface area contributed by atoms with Crippen LogP contribution in [0, 0.1) is 0 Å². The number of piperazine rings is 1. The standard InChI is InChI=1S/C17H22N4O4/c22-12-11-19-7-9-20(10-8-19)15(23)5-6-21-17(25)14-4-2-1-3-13(14)16(24)18-21/h1-4,22H,5-12H2,(H,18,24). The van der Waals surface area contributed by atoms with E-state index in [-0.39, 0.29) is 36.6 Å². The third kappa shape index (κ3) is 3.80. The maximum absolute atomic E-state index is 12.4. The van der Waals surface area contributed by atoms with Crippen molar-refractivity contribution in [3.05, 3.63) is 45.0 Å². The summed E-state index contributed by atoms with van der Waals surface area (Å²) in [7, 11) is 0. The molecule has 3 rings (SSSR count). The molecule has 1 fully saturated rings. The van der Waals surface area contributed by atoms with Crippen LogP contribution in [0.2, 0.25) is 0 Å². The molecule has 0 aliphatic carbocycles. The first-order valence-electron chi connectivity index (χ1n) is 8.43. The largest absolute Gasteiger partial charge is 0.395 e. The lowest BCUT2D eigenvalue weighted by Crippen LogP contribution is -2.49. The molecule has 0 saturated carbocycles. The summed E-state index contributed by atoms with van der Waals surface area (Å²) < 4.78 is 1.21. The highest BCUT2D eigenvalue weighted by molar-refractivity contribution is 5.80. The lowest BCUT2D eigenvalue weighted by molar-refractivity contribution is -0.133. The molecule has 0 bridgehead atoms. The second-order valence-electron chi connectivity index (χ2n) is 6.14. The van der Waals surface area contributed by atoms with Gasteiger partial charge in [0.25, 0.3) is 11.1 Å². The number of rotatable bonds is 5. The van der Waals surface area contributed by atoms with Gasteiger partial charge in [-0.25, -0.2) is 4.68 Å². The van der Waals surface area contributed by atoms with E-state index in [2.05, 4.69) is 10.00 Å². The van der Waals surface area contributed by atoms with Crippen LogP contribution in [0.3, 0.4) is 0 Å². The van der Waals surface area contributed by atoms with Crippen molar-refractivity contribution in [3.8, 4) is 0 Å². The second-order valence-corrected chi connectivity index (χ2v) is 6.14. The summed E-state index contributed by atoms with van der Waals surface area (Å²) in [6.07, 6.45) is 0.161. The van der Waals surface area contributed by atoms with Gasteiger partial charge in [-0.05, 0) is 12.1 Å². The number of H-pyrrole nitrogens is 1. The van der Waals surface area contributed by atoms with E-state index >= 15 is 0 Å². The van der Waals surface area contributed by atoms with Crippen LogP contribution < -0.4 is 11.1 Å². The van der Waals surface area contributed by atoms with E-state index in [0.29, 0.717) is 30.4 Å². The van der Waals surface area contributed by atoms with Gasteiger partial charge in [-0.3, -0.25) is 24.4 Å². The zero-order chi connectivity index (χ0) is 17.8. The molecule has 1 aliphatic rings. The van der Waals surface area contributed by atoms with Crippen molar-refractivity contribution in [2.45, 2.75) is 13.0 Å². The molecule has 2 aromatic rings. The number of hydrogen-bond acceptors (Lipinski definition) is 5. The van der Waals surface area contributed by atoms with E-state index in [0.717, 1.165) is 13.1 Å². The molecular weight excluding hydrogens is 324 g/mol. The number of hydrogen-bond donors (Lipinski definition) is 2. The first kappa shape index (κ1) is 17.4. The van der Waals surface area contributed by atoms with Crippen LogP contribution in [0.4, 0.5) is 0 Å². The molecule has 8 nitrogen and oxygen atoms in total. The number of nitrogens with one attached hydrogen (secondary N) is 1. The number of carbonyl (C=O) groups is 1. The minimum atomic E-state index is -0.333. The number of aliphatic hydroxyl groups is 1. The molecule has 1 aliphatic heterocycles. The maximum atomic E-state index is 12.4. The first-order chi connectivity index (χ1) is 12.1. The summed E-state index contributed by atoms with van der Waals surface area (Å²) in [6.45, 7) is 3.58. The number of β-amino-alcohol motifs (C(OH)–C–C–N with tert-alkyl or cyclic N) is 1. The van der Waals surface area contributed by atoms with Crippen LogP contribution in [0.25, 0.3) is 10.8 Å². The summed E-state index contributed by atoms with van der Waals surface area (Å²) in [4.78, 5) is 40.7. The highest BCUT2D eigenvalue weighted by Gasteiger charge is 2.20. The maximum Gasteiger partial charge on any atom is 0.273 e. The molecule has 1 saturated heterocycles. The van der Waals surface area contributed by atoms with Crippen molar-refractivity contribution in [1.29, 1.82) is 0 Å². The summed E-state index contributed by atoms with van der Waals surface area (Å²) in [5.41, 5.74) is -0.629. The van der Waals surface area contributed by atoms with Gasteiger partial charge < -0.3 is 10.0 Å². The quantitative estimate of drug-likeness (QED) is 0.740. The Kier molecular flexibility index (Phi) is 5.30. The Hall–Kier alpha value is -2.45. The minimum Gasteiger partial charge on any atom is -0.395 e. The number of aliphatic hydroxyl groups excluding tert-OH is 1. The van der Waals surface area contributed by atoms with Gasteiger partial charge in [-0.1, -0.05) is 12.1 Å². The average molecular weight is 346 g/mol. The second kappa shape index (κ2) is 7.62. The van der Waals surface area contributed by atoms with Crippen LogP contribution >= 0.6 is 0 Å². The summed E-state index contributed by atoms with van der Waals surface area (Å²) >= 11 is 0. The van der Waals surface area contributed by atoms with Gasteiger partial charge in [0.2, 0.25) is 5.91 Å². The monoisotopic (exact) mass is 346 g/mol. The molecule has 1 aromatic carbocycles. The predicted molar refractivity (Wildman–Crippen MR) is 93.6 cm³/mol. The Morgan fingerprint density at radius 2 is 1.72 bits per heavy atom. The molecule has 8 heteroatoms. The van der Waals surface area contributed by atoms with E-state index in [1.165, 1.54) is 4.68 Å². The molecule has 25 heavy (non-hydrogen) atoms. The van der Waals surface area contributed by atoms with Crippen LogP contribution in [-0.2, 0) is 11.3 Å². The Morgan fingerprint density at radius 1 is 1.04 bits per heavy atom. The predicted octanol–water partition coefficient (Wildman–Crippen LogP) is -0.784. The van der Waals surface area contributed by atoms with Crippen molar-refractivity contribution in [2.75, 3.05) is 39.3 Å². The van der Waals surface area contributed by atoms with Gasteiger partial charge in [-0.15, -0.1) is 0 Å². The summed E-state index contributed by atoms with van der Waals surface area (Å²) in [5, 5.41) is 12.2. The number of benzene rings is 1. The lowest BCUT2D eigenvalue weighted by Gasteiger charge is -2.34. The van der Waals surface area contributed by atoms with Gasteiger partial charge in [0.05, 0.1) is 23.9 Å². The molecule has 1 aromatic heterocycles. The SMILES string of the molecule is O=C(CCn1[nH]c(=O)c2ccccc2c1=O)N1CCN(CCO)CC1. The van der Waals surface area contributed by atoms with E-state index in [4.69, 9.17) is 5.11 Å². The Labute approximate surface area is 144 Å². The fourth-order valence-electron chi connectivity index (χ4n) is 3.13. The van der Waals surface area contributed by atoms with E-state index in [1.807, 2.05) is 0 Å². The third-order valence-electron chi connectivity index (χ3n) is 4.57. The van der Waals surface area contributed by atoms with Gasteiger partial charge in [0.15, 0.2) is 0 Å². The van der Waals surface area contributed by atoms with Gasteiger partial charge in [-0.2, -0.15) is 0 Å². The zero-order valence-corrected chi connectivity index (χ0v) is 14.0. The molecule has 0 atom stereocenters. The van der Waals surface area contributed by atoms with Crippen molar-refractivity contribution in [1.82, 2.24) is 19.6 Å². The Bertz CT molecular complexity index is 865. The molecule has 1 amide bonds. The van der Waals surface area contributed by atoms with Crippen molar-refractivity contribution < 1.29 is 9.90 Å². The highest BCUT2D eigenvalue weighted by Crippen LogP contribution is 2.05. The van der Waals surface area contributed by atoms with Crippen molar-refractivity contribution in [2.24, 2.45) is 0 Å². The van der Waals surface area contributed by atoms with Gasteiger partial charge in [0.1, 0.15) is 0 Å². The minimum absolute atomic E-state index is 0.0374. The molecule has 2 N–H and O–H groups in total. The number of fused-ring (bicyclic) bond motifs is 1. The lowest BCUT2D eigenvalue weighted by atomic mass is 10.2. The fourth-order valence-corrected chi connectivity index (χ4v) is 3.13. The molecule has 0 unspecified atom stereocenters. The van der Waals surface area contributed by atoms with E-state index < -0.39 is 0 Å². The third-order valence-corrected chi connectivity index (χ3v) is 4.57. The number of amides is 1. The molecule has 2 heterocycles. The number of carbonyl (C=O) groups excluding carboxylic acids is 1. The van der Waals surface area contributed by atoms with Crippen LogP contribution in [0.1, 0.15) is 6.42 Å². The fraction of sp³-hybridized carbons (Fsp3) is 0.471. The number of aromatic amines is 1. The van der Waals surface area contributed by atoms with E-state index in [1.54, 1.807) is 29.2 Å². The van der Waals surface area contributed by atoms with Crippen LogP contribution in [0.5, 0.6) is 0 Å². The topological polar surface area (TPSA) is 98.6 Å². The number of aryl methyl sites for hydroxylation is 1. The van der Waals surface area contributed by atoms with E-state index in [9.17, 15) is 14.4 Å². The molecule has 0 spiro atoms. The average Bonchev–Trinajstić information content (AvgIpc) is 2.64. The first-order valence-corrected chi connectivity index (χ1v) is 8.43. The zero-order valence-electron chi connectivity index (χ0n) is 14.0. The molecule has 0 radical (unpaired) electrons. The van der Waals surface area contributed by atoms with Gasteiger partial charge >= 0.3 is 0 Å². The summed E-state index contributed by atoms with van der Waals surface area (Å²) in [5.74, 6) is -0.0374. The smallest absolute Gasteiger partial charge is 0.273 e. The molecule has 134 valence electrons. The Balaban J connectivity index is 1.65. The number of aromatic nitrogens is 2. The summed E-state index contributed by atoms with van der Waals surface area (Å²) in [6, 6.07) is 6.65. The van der Waals surface area contributed by atoms with Crippen LogP contribution in [0.15, 0.2) is 33.9 Å². The normalized spacial score (nSPS) is 15.6. The van der Waals surface area contributed by atoms with Gasteiger partial charge in [0, 0.05) is 39.1 Å². The number of nitrogens with zero attached hydrogens (tertiary/aromatic N) is 3. The van der Waals surface area contributed by atoms with Crippen LogP contribution in [-0.4, -0.2) is 69.9 Å². The van der Waals surface area contributed by atoms with Crippen molar-refractivity contribution >= 4 is 16.7 Å².